The number of thioether (sulfide) groups is 1. The third-order valence-corrected chi connectivity index (χ3v) is 9.27. The largest absolute Gasteiger partial charge is 0.350 e. The van der Waals surface area contributed by atoms with Crippen molar-refractivity contribution >= 4 is 39.3 Å². The van der Waals surface area contributed by atoms with Crippen molar-refractivity contribution in [3.05, 3.63) is 89.5 Å². The molecule has 0 saturated heterocycles. The van der Waals surface area contributed by atoms with Crippen LogP contribution >= 0.6 is 11.8 Å². The van der Waals surface area contributed by atoms with Gasteiger partial charge >= 0.3 is 0 Å². The SMILES string of the molecule is CC[C@@H](C(=O)NC(C)(C)C)N(Cc1ccccc1C)C(=O)CN(c1ccc(C)cc1)S(=O)(=O)c1ccc(SC)cc1. The van der Waals surface area contributed by atoms with Crippen LogP contribution < -0.4 is 9.62 Å². The van der Waals surface area contributed by atoms with Crippen LogP contribution in [-0.2, 0) is 26.2 Å². The quantitative estimate of drug-likeness (QED) is 0.277. The van der Waals surface area contributed by atoms with Gasteiger partial charge in [-0.15, -0.1) is 11.8 Å². The molecule has 0 aliphatic rings. The maximum atomic E-state index is 14.2. The van der Waals surface area contributed by atoms with Crippen LogP contribution in [0, 0.1) is 13.8 Å². The van der Waals surface area contributed by atoms with Gasteiger partial charge in [0.1, 0.15) is 12.6 Å². The van der Waals surface area contributed by atoms with Gasteiger partial charge in [0.05, 0.1) is 10.6 Å². The Balaban J connectivity index is 2.08. The summed E-state index contributed by atoms with van der Waals surface area (Å²) in [7, 11) is -4.11. The average molecular weight is 596 g/mol. The fourth-order valence-electron chi connectivity index (χ4n) is 4.46. The highest BCUT2D eigenvalue weighted by atomic mass is 32.2. The zero-order valence-corrected chi connectivity index (χ0v) is 26.6. The number of hydrogen-bond acceptors (Lipinski definition) is 5. The minimum atomic E-state index is -4.11. The number of anilines is 1. The summed E-state index contributed by atoms with van der Waals surface area (Å²) in [5, 5.41) is 3.00. The van der Waals surface area contributed by atoms with Crippen molar-refractivity contribution < 1.29 is 18.0 Å². The predicted molar refractivity (Wildman–Crippen MR) is 168 cm³/mol. The van der Waals surface area contributed by atoms with Crippen LogP contribution in [0.2, 0.25) is 0 Å². The van der Waals surface area contributed by atoms with Gasteiger partial charge in [-0.1, -0.05) is 48.9 Å². The number of aryl methyl sites for hydroxylation is 2. The van der Waals surface area contributed by atoms with Crippen LogP contribution in [0.4, 0.5) is 5.69 Å². The Hall–Kier alpha value is -3.30. The Labute approximate surface area is 249 Å². The van der Waals surface area contributed by atoms with Crippen molar-refractivity contribution in [2.24, 2.45) is 0 Å². The van der Waals surface area contributed by atoms with Gasteiger partial charge in [0.15, 0.2) is 0 Å². The first-order valence-electron chi connectivity index (χ1n) is 13.7. The standard InChI is InChI=1S/C32H41N3O4S2/c1-8-29(31(37)33-32(4,5)6)34(21-25-12-10-9-11-24(25)3)30(36)22-35(26-15-13-23(2)14-16-26)41(38,39)28-19-17-27(40-7)18-20-28/h9-20,29H,8,21-22H2,1-7H3,(H,33,37)/t29-/m0/s1. The van der Waals surface area contributed by atoms with Gasteiger partial charge in [0.25, 0.3) is 10.0 Å². The minimum Gasteiger partial charge on any atom is -0.350 e. The minimum absolute atomic E-state index is 0.0895. The van der Waals surface area contributed by atoms with E-state index in [-0.39, 0.29) is 17.3 Å². The van der Waals surface area contributed by atoms with Gasteiger partial charge in [-0.3, -0.25) is 13.9 Å². The summed E-state index contributed by atoms with van der Waals surface area (Å²) in [5.41, 5.74) is 2.71. The summed E-state index contributed by atoms with van der Waals surface area (Å²) in [6.07, 6.45) is 2.29. The Morgan fingerprint density at radius 2 is 1.54 bits per heavy atom. The summed E-state index contributed by atoms with van der Waals surface area (Å²) in [6, 6.07) is 20.6. The van der Waals surface area contributed by atoms with E-state index < -0.39 is 34.1 Å². The molecule has 1 N–H and O–H groups in total. The zero-order valence-electron chi connectivity index (χ0n) is 25.0. The fraction of sp³-hybridized carbons (Fsp3) is 0.375. The van der Waals surface area contributed by atoms with Crippen molar-refractivity contribution in [1.29, 1.82) is 0 Å². The molecule has 41 heavy (non-hydrogen) atoms. The zero-order chi connectivity index (χ0) is 30.4. The molecule has 7 nitrogen and oxygen atoms in total. The second-order valence-electron chi connectivity index (χ2n) is 11.1. The molecule has 0 bridgehead atoms. The van der Waals surface area contributed by atoms with E-state index in [0.717, 1.165) is 25.9 Å². The van der Waals surface area contributed by atoms with E-state index in [1.807, 2.05) is 84.2 Å². The van der Waals surface area contributed by atoms with Gasteiger partial charge in [0, 0.05) is 17.0 Å². The first-order chi connectivity index (χ1) is 19.3. The van der Waals surface area contributed by atoms with Crippen LogP contribution in [0.1, 0.15) is 50.8 Å². The average Bonchev–Trinajstić information content (AvgIpc) is 2.92. The third-order valence-electron chi connectivity index (χ3n) is 6.73. The molecule has 0 heterocycles. The lowest BCUT2D eigenvalue weighted by atomic mass is 10.0. The highest BCUT2D eigenvalue weighted by molar-refractivity contribution is 7.98. The van der Waals surface area contributed by atoms with E-state index in [2.05, 4.69) is 5.32 Å². The van der Waals surface area contributed by atoms with Crippen molar-refractivity contribution in [2.45, 2.75) is 75.9 Å². The molecule has 0 fully saturated rings. The Morgan fingerprint density at radius 1 is 0.927 bits per heavy atom. The van der Waals surface area contributed by atoms with Gasteiger partial charge in [-0.05, 0) is 94.8 Å². The number of nitrogens with zero attached hydrogens (tertiary/aromatic N) is 2. The lowest BCUT2D eigenvalue weighted by molar-refractivity contribution is -0.141. The maximum absolute atomic E-state index is 14.2. The molecule has 9 heteroatoms. The molecule has 220 valence electrons. The Bertz CT molecular complexity index is 1450. The van der Waals surface area contributed by atoms with Crippen molar-refractivity contribution in [3.63, 3.8) is 0 Å². The van der Waals surface area contributed by atoms with E-state index in [9.17, 15) is 18.0 Å². The third kappa shape index (κ3) is 8.36. The van der Waals surface area contributed by atoms with E-state index in [1.165, 1.54) is 16.7 Å². The smallest absolute Gasteiger partial charge is 0.264 e. The van der Waals surface area contributed by atoms with Gasteiger partial charge < -0.3 is 10.2 Å². The van der Waals surface area contributed by atoms with Crippen molar-refractivity contribution in [2.75, 3.05) is 17.1 Å². The number of amides is 2. The summed E-state index contributed by atoms with van der Waals surface area (Å²) < 4.78 is 29.2. The number of rotatable bonds is 11. The van der Waals surface area contributed by atoms with E-state index in [0.29, 0.717) is 12.1 Å². The molecule has 2 amide bonds. The van der Waals surface area contributed by atoms with Crippen LogP contribution in [0.15, 0.2) is 82.6 Å². The molecule has 0 unspecified atom stereocenters. The Kier molecular flexibility index (Phi) is 10.7. The molecule has 1 atom stereocenters. The lowest BCUT2D eigenvalue weighted by Gasteiger charge is -2.35. The number of carbonyl (C=O) groups is 2. The number of nitrogens with one attached hydrogen (secondary N) is 1. The highest BCUT2D eigenvalue weighted by Crippen LogP contribution is 2.27. The van der Waals surface area contributed by atoms with Crippen LogP contribution in [-0.4, -0.2) is 49.5 Å². The molecule has 0 aliphatic carbocycles. The van der Waals surface area contributed by atoms with Crippen molar-refractivity contribution in [3.8, 4) is 0 Å². The first-order valence-corrected chi connectivity index (χ1v) is 16.3. The first kappa shape index (κ1) is 32.2. The molecule has 3 rings (SSSR count). The van der Waals surface area contributed by atoms with Crippen molar-refractivity contribution in [1.82, 2.24) is 10.2 Å². The van der Waals surface area contributed by atoms with E-state index >= 15 is 0 Å². The molecule has 0 saturated carbocycles. The monoisotopic (exact) mass is 595 g/mol. The summed E-state index contributed by atoms with van der Waals surface area (Å²) in [5.74, 6) is -0.742. The summed E-state index contributed by atoms with van der Waals surface area (Å²) in [4.78, 5) is 30.2. The van der Waals surface area contributed by atoms with Gasteiger partial charge in [-0.25, -0.2) is 8.42 Å². The topological polar surface area (TPSA) is 86.8 Å². The summed E-state index contributed by atoms with van der Waals surface area (Å²) >= 11 is 1.52. The van der Waals surface area contributed by atoms with Crippen LogP contribution in [0.25, 0.3) is 0 Å². The molecule has 0 spiro atoms. The molecular weight excluding hydrogens is 555 g/mol. The molecule has 3 aromatic rings. The molecule has 0 aromatic heterocycles. The predicted octanol–water partition coefficient (Wildman–Crippen LogP) is 5.94. The normalized spacial score (nSPS) is 12.5. The fourth-order valence-corrected chi connectivity index (χ4v) is 6.28. The molecule has 0 radical (unpaired) electrons. The second kappa shape index (κ2) is 13.6. The van der Waals surface area contributed by atoms with Crippen LogP contribution in [0.5, 0.6) is 0 Å². The summed E-state index contributed by atoms with van der Waals surface area (Å²) in [6.45, 7) is 11.1. The number of carbonyl (C=O) groups excluding carboxylic acids is 2. The number of sulfonamides is 1. The van der Waals surface area contributed by atoms with Gasteiger partial charge in [-0.2, -0.15) is 0 Å². The second-order valence-corrected chi connectivity index (χ2v) is 13.9. The highest BCUT2D eigenvalue weighted by Gasteiger charge is 2.34. The molecule has 0 aliphatic heterocycles. The van der Waals surface area contributed by atoms with Crippen LogP contribution in [0.3, 0.4) is 0 Å². The molecule has 3 aromatic carbocycles. The lowest BCUT2D eigenvalue weighted by Crippen LogP contribution is -2.55. The molecular formula is C32H41N3O4S2. The maximum Gasteiger partial charge on any atom is 0.264 e. The van der Waals surface area contributed by atoms with Gasteiger partial charge in [0.2, 0.25) is 11.8 Å². The van der Waals surface area contributed by atoms with E-state index in [4.69, 9.17) is 0 Å². The number of hydrogen-bond donors (Lipinski definition) is 1. The van der Waals surface area contributed by atoms with E-state index in [1.54, 1.807) is 36.4 Å². The number of benzene rings is 3. The Morgan fingerprint density at radius 3 is 2.07 bits per heavy atom.